The third kappa shape index (κ3) is 13.1. The van der Waals surface area contributed by atoms with E-state index in [9.17, 15) is 35.2 Å². The second-order valence-electron chi connectivity index (χ2n) is 18.5. The first kappa shape index (κ1) is 55.2. The van der Waals surface area contributed by atoms with Gasteiger partial charge in [-0.3, -0.25) is 9.59 Å². The summed E-state index contributed by atoms with van der Waals surface area (Å²) in [4.78, 5) is 34.6. The monoisotopic (exact) mass is 1120 g/mol. The van der Waals surface area contributed by atoms with Crippen LogP contribution in [0.25, 0.3) is 33.5 Å². The van der Waals surface area contributed by atoms with Crippen molar-refractivity contribution in [3.8, 4) is 33.8 Å². The lowest BCUT2D eigenvalue weighted by Crippen LogP contribution is -2.18. The summed E-state index contributed by atoms with van der Waals surface area (Å²) in [7, 11) is -3.84. The first-order chi connectivity index (χ1) is 38.2. The molecule has 0 radical (unpaired) electrons. The van der Waals surface area contributed by atoms with Gasteiger partial charge in [0.15, 0.2) is 31.0 Å². The van der Waals surface area contributed by atoms with E-state index in [1.807, 2.05) is 85.2 Å². The maximum Gasteiger partial charge on any atom is 0.247 e. The van der Waals surface area contributed by atoms with Crippen molar-refractivity contribution in [3.05, 3.63) is 193 Å². The zero-order valence-electron chi connectivity index (χ0n) is 43.8. The maximum absolute atomic E-state index is 13.2. The highest BCUT2D eigenvalue weighted by molar-refractivity contribution is 7.91. The fraction of sp³-hybridized carbons (Fsp3) is 0.138. The predicted molar refractivity (Wildman–Crippen MR) is 303 cm³/mol. The minimum absolute atomic E-state index is 0.149. The van der Waals surface area contributed by atoms with Crippen LogP contribution in [0.1, 0.15) is 36.8 Å². The Kier molecular flexibility index (Phi) is 16.0. The molecule has 18 nitrogen and oxygen atoms in total. The largest absolute Gasteiger partial charge is 0.495 e. The topological polar surface area (TPSA) is 229 Å². The normalized spacial score (nSPS) is 12.2. The van der Waals surface area contributed by atoms with Crippen molar-refractivity contribution in [1.29, 1.82) is 0 Å². The molecule has 0 aliphatic rings. The van der Waals surface area contributed by atoms with Crippen LogP contribution in [-0.4, -0.2) is 84.6 Å². The summed E-state index contributed by atoms with van der Waals surface area (Å²) in [5.74, 6) is -0.604. The van der Waals surface area contributed by atoms with E-state index in [1.54, 1.807) is 59.3 Å². The molecule has 4 aromatic heterocycles. The van der Waals surface area contributed by atoms with Gasteiger partial charge in [0.05, 0.1) is 47.2 Å². The highest BCUT2D eigenvalue weighted by Gasteiger charge is 2.19. The third-order valence-electron chi connectivity index (χ3n) is 12.9. The van der Waals surface area contributed by atoms with Crippen LogP contribution in [0.2, 0.25) is 0 Å². The van der Waals surface area contributed by atoms with Gasteiger partial charge >= 0.3 is 0 Å². The van der Waals surface area contributed by atoms with Gasteiger partial charge in [0.25, 0.3) is 0 Å². The molecule has 6 aromatic carbocycles. The summed E-state index contributed by atoms with van der Waals surface area (Å²) >= 11 is 0. The molecule has 80 heavy (non-hydrogen) atoms. The number of nitrogens with one attached hydrogen (secondary N) is 4. The lowest BCUT2D eigenvalue weighted by atomic mass is 10.00. The number of sulfone groups is 2. The zero-order valence-corrected chi connectivity index (χ0v) is 45.5. The number of methoxy groups -OCH3 is 2. The fourth-order valence-electron chi connectivity index (χ4n) is 8.26. The molecule has 4 heterocycles. The maximum atomic E-state index is 13.2. The van der Waals surface area contributed by atoms with E-state index in [4.69, 9.17) is 9.47 Å². The Hall–Kier alpha value is -9.54. The van der Waals surface area contributed by atoms with Gasteiger partial charge in [-0.15, -0.1) is 10.2 Å². The van der Waals surface area contributed by atoms with E-state index >= 15 is 0 Å². The summed E-state index contributed by atoms with van der Waals surface area (Å²) in [6.07, 6.45) is 5.94. The Morgan fingerprint density at radius 3 is 1.18 bits per heavy atom. The molecule has 408 valence electrons. The van der Waals surface area contributed by atoms with Crippen LogP contribution in [0.15, 0.2) is 180 Å². The van der Waals surface area contributed by atoms with Gasteiger partial charge in [0, 0.05) is 59.5 Å². The number of hydrogen-bond acceptors (Lipinski definition) is 14. The number of aromatic nitrogens is 6. The molecule has 2 amide bonds. The molecule has 0 saturated carbocycles. The lowest BCUT2D eigenvalue weighted by Gasteiger charge is -2.13. The zero-order chi connectivity index (χ0) is 56.9. The van der Waals surface area contributed by atoms with Crippen molar-refractivity contribution >= 4 is 77.4 Å². The highest BCUT2D eigenvalue weighted by atomic mass is 32.2. The van der Waals surface area contributed by atoms with Crippen LogP contribution in [0.3, 0.4) is 0 Å². The number of pyridine rings is 2. The minimum Gasteiger partial charge on any atom is -0.495 e. The van der Waals surface area contributed by atoms with Crippen LogP contribution in [0.5, 0.6) is 11.5 Å². The Balaban J connectivity index is 0.000000194. The number of nitrogens with zero attached hydrogens (tertiary/aromatic N) is 6. The van der Waals surface area contributed by atoms with Crippen LogP contribution in [-0.2, 0) is 29.3 Å². The van der Waals surface area contributed by atoms with Crippen LogP contribution in [0, 0.1) is 11.6 Å². The summed E-state index contributed by atoms with van der Waals surface area (Å²) in [5, 5.41) is 20.9. The van der Waals surface area contributed by atoms with E-state index < -0.39 is 31.5 Å². The molecule has 0 unspecified atom stereocenters. The predicted octanol–water partition coefficient (Wildman–Crippen LogP) is 10.9. The van der Waals surface area contributed by atoms with Crippen molar-refractivity contribution in [2.24, 2.45) is 0 Å². The minimum atomic E-state index is -3.38. The molecule has 0 saturated heterocycles. The fourth-order valence-corrected chi connectivity index (χ4v) is 9.54. The Labute approximate surface area is 459 Å². The third-order valence-corrected chi connectivity index (χ3v) is 15.1. The summed E-state index contributed by atoms with van der Waals surface area (Å²) < 4.78 is 87.8. The van der Waals surface area contributed by atoms with Gasteiger partial charge in [-0.1, -0.05) is 48.5 Å². The SMILES string of the molecule is COc1cc(S(C)(=O)=O)ccc1Nc1nc2ccc(-c3ccc(NC(=O)[C@H](C)c4ccc(F)cc4)cc3)cn2n1.COc1cc(S(C)(=O)=O)ccc1Nc1nc2ccc(-c3ccc(NC(=O)[C@H](C)c4ccc(F)cc4)cc3)cn2n1. The number of amides is 2. The average Bonchev–Trinajstić information content (AvgIpc) is 4.06. The van der Waals surface area contributed by atoms with Crippen molar-refractivity contribution in [1.82, 2.24) is 29.2 Å². The van der Waals surface area contributed by atoms with Gasteiger partial charge in [0.1, 0.15) is 23.1 Å². The molecular weight excluding hydrogens is 1070 g/mol. The summed E-state index contributed by atoms with van der Waals surface area (Å²) in [5.41, 5.74) is 8.61. The van der Waals surface area contributed by atoms with Gasteiger partial charge in [-0.05, 0) is 133 Å². The second-order valence-corrected chi connectivity index (χ2v) is 22.5. The van der Waals surface area contributed by atoms with Gasteiger partial charge in [0.2, 0.25) is 23.7 Å². The molecule has 10 rings (SSSR count). The highest BCUT2D eigenvalue weighted by Crippen LogP contribution is 2.33. The number of rotatable bonds is 16. The van der Waals surface area contributed by atoms with Crippen molar-refractivity contribution in [3.63, 3.8) is 0 Å². The first-order valence-electron chi connectivity index (χ1n) is 24.6. The smallest absolute Gasteiger partial charge is 0.247 e. The van der Waals surface area contributed by atoms with E-state index in [2.05, 4.69) is 41.4 Å². The van der Waals surface area contributed by atoms with E-state index in [-0.39, 0.29) is 33.2 Å². The second kappa shape index (κ2) is 23.2. The molecule has 22 heteroatoms. The molecule has 2 atom stereocenters. The Morgan fingerprint density at radius 1 is 0.487 bits per heavy atom. The lowest BCUT2D eigenvalue weighted by molar-refractivity contribution is -0.118. The average molecular weight is 1120 g/mol. The molecule has 0 aliphatic carbocycles. The van der Waals surface area contributed by atoms with Crippen LogP contribution >= 0.6 is 0 Å². The van der Waals surface area contributed by atoms with E-state index in [0.29, 0.717) is 57.4 Å². The number of carbonyl (C=O) groups is 2. The van der Waals surface area contributed by atoms with Crippen LogP contribution < -0.4 is 30.7 Å². The van der Waals surface area contributed by atoms with E-state index in [0.717, 1.165) is 45.9 Å². The van der Waals surface area contributed by atoms with Crippen molar-refractivity contribution in [2.75, 3.05) is 48.0 Å². The number of benzene rings is 6. The Morgan fingerprint density at radius 2 is 0.838 bits per heavy atom. The first-order valence-corrected chi connectivity index (χ1v) is 28.4. The molecule has 0 aliphatic heterocycles. The van der Waals surface area contributed by atoms with Crippen molar-refractivity contribution in [2.45, 2.75) is 35.5 Å². The molecular formula is C58H52F2N10O8S2. The van der Waals surface area contributed by atoms with Gasteiger partial charge in [-0.2, -0.15) is 9.97 Å². The molecule has 10 aromatic rings. The number of carbonyl (C=O) groups excluding carboxylic acids is 2. The molecule has 0 spiro atoms. The molecule has 4 N–H and O–H groups in total. The molecule has 0 bridgehead atoms. The van der Waals surface area contributed by atoms with E-state index in [1.165, 1.54) is 62.8 Å². The Bertz CT molecular complexity index is 3880. The molecule has 0 fully saturated rings. The number of anilines is 6. The van der Waals surface area contributed by atoms with Crippen molar-refractivity contribution < 1.29 is 44.7 Å². The number of ether oxygens (including phenoxy) is 2. The van der Waals surface area contributed by atoms with Gasteiger partial charge < -0.3 is 30.7 Å². The van der Waals surface area contributed by atoms with Crippen LogP contribution in [0.4, 0.5) is 43.4 Å². The number of halogens is 2. The standard InChI is InChI=1S/2C29H26FN5O4S/c2*1-18(19-4-9-22(30)10-5-19)28(36)31-23-11-6-20(7-12-23)21-8-15-27-33-29(34-35(27)17-21)32-25-14-13-24(40(3,37)38)16-26(25)39-2/h2*4-18H,1-3H3,(H,31,36)(H,32,34)/t2*18-/m11/s1. The number of fused-ring (bicyclic) bond motifs is 2. The summed E-state index contributed by atoms with van der Waals surface area (Å²) in [6.45, 7) is 3.54. The van der Waals surface area contributed by atoms with Gasteiger partial charge in [-0.25, -0.2) is 34.6 Å². The number of hydrogen-bond donors (Lipinski definition) is 4. The quantitative estimate of drug-likeness (QED) is 0.0706. The summed E-state index contributed by atoms with van der Waals surface area (Å²) in [6, 6.07) is 43.2.